The minimum Gasteiger partial charge on any atom is -0.508 e. The lowest BCUT2D eigenvalue weighted by Gasteiger charge is -2.19. The molecule has 0 fully saturated rings. The first-order chi connectivity index (χ1) is 15.9. The summed E-state index contributed by atoms with van der Waals surface area (Å²) in [6, 6.07) is 7.10. The summed E-state index contributed by atoms with van der Waals surface area (Å²) in [7, 11) is 0. The molecule has 0 aliphatic rings. The van der Waals surface area contributed by atoms with Gasteiger partial charge >= 0.3 is 5.97 Å². The highest BCUT2D eigenvalue weighted by Crippen LogP contribution is 2.23. The van der Waals surface area contributed by atoms with Gasteiger partial charge in [0.2, 0.25) is 0 Å². The number of hydrogen-bond donors (Lipinski definition) is 2. The number of rotatable bonds is 11. The van der Waals surface area contributed by atoms with Gasteiger partial charge in [0.05, 0.1) is 6.61 Å². The standard InChI is InChI=1S/C24H32N4O4S/c1-5-9-12-28-22(30)21(33-23(28)19(14-25)24(31)32-8-4)15-26-18-10-11-20(29)17(13-18)16-27(6-2)7-3/h10-11,13,15,26,29H,5-9,12,16H2,1-4H3/b21-15+,23-19-. The van der Waals surface area contributed by atoms with Gasteiger partial charge in [0.15, 0.2) is 5.57 Å². The number of thiazole rings is 1. The Bertz CT molecular complexity index is 1170. The molecule has 33 heavy (non-hydrogen) atoms. The highest BCUT2D eigenvalue weighted by atomic mass is 32.1. The number of phenols is 1. The number of unbranched alkanes of at least 4 members (excludes halogenated alkanes) is 1. The van der Waals surface area contributed by atoms with E-state index in [0.717, 1.165) is 48.5 Å². The Morgan fingerprint density at radius 2 is 2.03 bits per heavy atom. The molecule has 0 saturated carbocycles. The van der Waals surface area contributed by atoms with Crippen molar-refractivity contribution in [1.82, 2.24) is 9.47 Å². The third-order valence-corrected chi connectivity index (χ3v) is 6.32. The van der Waals surface area contributed by atoms with Gasteiger partial charge in [0, 0.05) is 30.5 Å². The van der Waals surface area contributed by atoms with Gasteiger partial charge in [-0.05, 0) is 44.6 Å². The zero-order valence-electron chi connectivity index (χ0n) is 19.7. The molecule has 0 unspecified atom stereocenters. The molecule has 0 aliphatic heterocycles. The van der Waals surface area contributed by atoms with E-state index in [1.165, 1.54) is 4.57 Å². The van der Waals surface area contributed by atoms with E-state index in [1.807, 2.05) is 19.1 Å². The first-order valence-corrected chi connectivity index (χ1v) is 12.0. The summed E-state index contributed by atoms with van der Waals surface area (Å²) in [5, 5.41) is 22.9. The molecule has 2 rings (SSSR count). The Labute approximate surface area is 198 Å². The number of aromatic hydroxyl groups is 1. The molecule has 2 aromatic rings. The number of ether oxygens (including phenoxy) is 1. The number of phenolic OH excluding ortho intramolecular Hbond substituents is 1. The van der Waals surface area contributed by atoms with Crippen molar-refractivity contribution in [3.05, 3.63) is 43.3 Å². The molecular weight excluding hydrogens is 440 g/mol. The van der Waals surface area contributed by atoms with Crippen LogP contribution >= 0.6 is 11.3 Å². The molecule has 0 spiro atoms. The first-order valence-electron chi connectivity index (χ1n) is 11.2. The van der Waals surface area contributed by atoms with Crippen LogP contribution in [0.2, 0.25) is 0 Å². The van der Waals surface area contributed by atoms with Gasteiger partial charge in [-0.3, -0.25) is 14.3 Å². The topological polar surface area (TPSA) is 108 Å². The Balaban J connectivity index is 2.50. The normalized spacial score (nSPS) is 12.5. The molecule has 0 atom stereocenters. The number of nitrogens with zero attached hydrogens (tertiary/aromatic N) is 3. The molecule has 0 saturated heterocycles. The SMILES string of the molecule is CCCCn1c(=O)/c(=C\Nc2ccc(O)c(CN(CC)CC)c2)s/c1=C(/C#N)C(=O)OCC. The molecule has 2 N–H and O–H groups in total. The maximum absolute atomic E-state index is 13.0. The molecule has 178 valence electrons. The molecule has 0 radical (unpaired) electrons. The van der Waals surface area contributed by atoms with Crippen LogP contribution in [-0.2, 0) is 22.6 Å². The number of carbonyl (C=O) groups excluding carboxylic acids is 1. The van der Waals surface area contributed by atoms with Crippen LogP contribution in [0.25, 0.3) is 11.8 Å². The lowest BCUT2D eigenvalue weighted by atomic mass is 10.1. The van der Waals surface area contributed by atoms with Gasteiger partial charge in [-0.25, -0.2) is 4.79 Å². The van der Waals surface area contributed by atoms with E-state index in [0.29, 0.717) is 22.3 Å². The van der Waals surface area contributed by atoms with Gasteiger partial charge in [0.1, 0.15) is 21.0 Å². The number of esters is 1. The second-order valence-electron chi connectivity index (χ2n) is 7.38. The van der Waals surface area contributed by atoms with E-state index in [9.17, 15) is 20.0 Å². The van der Waals surface area contributed by atoms with Gasteiger partial charge in [-0.15, -0.1) is 11.3 Å². The van der Waals surface area contributed by atoms with Gasteiger partial charge in [0.25, 0.3) is 5.56 Å². The van der Waals surface area contributed by atoms with Crippen molar-refractivity contribution >= 4 is 34.8 Å². The third-order valence-electron chi connectivity index (χ3n) is 5.19. The van der Waals surface area contributed by atoms with Crippen molar-refractivity contribution in [3.63, 3.8) is 0 Å². The fraction of sp³-hybridized carbons (Fsp3) is 0.458. The quantitative estimate of drug-likeness (QED) is 0.382. The minimum absolute atomic E-state index is 0.145. The predicted octanol–water partition coefficient (Wildman–Crippen LogP) is 2.34. The third kappa shape index (κ3) is 6.70. The molecular formula is C24H32N4O4S. The largest absolute Gasteiger partial charge is 0.508 e. The number of aromatic nitrogens is 1. The monoisotopic (exact) mass is 472 g/mol. The molecule has 1 aromatic heterocycles. The maximum atomic E-state index is 13.0. The van der Waals surface area contributed by atoms with Crippen molar-refractivity contribution in [2.45, 2.75) is 53.6 Å². The number of nitriles is 1. The molecule has 0 amide bonds. The second kappa shape index (κ2) is 12.8. The van der Waals surface area contributed by atoms with Crippen LogP contribution in [0.15, 0.2) is 23.0 Å². The van der Waals surface area contributed by atoms with E-state index in [4.69, 9.17) is 4.74 Å². The Kier molecular flexibility index (Phi) is 10.2. The van der Waals surface area contributed by atoms with Crippen molar-refractivity contribution in [1.29, 1.82) is 5.26 Å². The predicted molar refractivity (Wildman–Crippen MR) is 131 cm³/mol. The van der Waals surface area contributed by atoms with Crippen LogP contribution in [0.4, 0.5) is 5.69 Å². The van der Waals surface area contributed by atoms with E-state index in [-0.39, 0.29) is 23.5 Å². The number of hydrogen-bond acceptors (Lipinski definition) is 8. The number of carbonyl (C=O) groups is 1. The Hall–Kier alpha value is -3.09. The summed E-state index contributed by atoms with van der Waals surface area (Å²) in [5.41, 5.74) is 1.07. The van der Waals surface area contributed by atoms with Gasteiger partial charge in [-0.2, -0.15) is 5.26 Å². The average Bonchev–Trinajstić information content (AvgIpc) is 3.11. The molecule has 1 heterocycles. The van der Waals surface area contributed by atoms with Gasteiger partial charge in [-0.1, -0.05) is 27.2 Å². The lowest BCUT2D eigenvalue weighted by Crippen LogP contribution is -2.33. The Morgan fingerprint density at radius 1 is 1.30 bits per heavy atom. The second-order valence-corrected chi connectivity index (χ2v) is 8.41. The van der Waals surface area contributed by atoms with Crippen molar-refractivity contribution in [3.8, 4) is 11.8 Å². The number of anilines is 1. The summed E-state index contributed by atoms with van der Waals surface area (Å²) >= 11 is 1.08. The molecule has 0 bridgehead atoms. The molecule has 8 nitrogen and oxygen atoms in total. The number of benzene rings is 1. The molecule has 0 aliphatic carbocycles. The molecule has 9 heteroatoms. The van der Waals surface area contributed by atoms with E-state index >= 15 is 0 Å². The van der Waals surface area contributed by atoms with Crippen LogP contribution in [0, 0.1) is 11.3 Å². The van der Waals surface area contributed by atoms with Crippen LogP contribution < -0.4 is 20.1 Å². The fourth-order valence-electron chi connectivity index (χ4n) is 3.25. The minimum atomic E-state index is -0.731. The summed E-state index contributed by atoms with van der Waals surface area (Å²) in [6.07, 6.45) is 3.18. The molecule has 1 aromatic carbocycles. The number of nitrogens with one attached hydrogen (secondary N) is 1. The summed E-state index contributed by atoms with van der Waals surface area (Å²) < 4.78 is 7.15. The van der Waals surface area contributed by atoms with E-state index in [1.54, 1.807) is 25.3 Å². The smallest absolute Gasteiger partial charge is 0.351 e. The summed E-state index contributed by atoms with van der Waals surface area (Å²) in [6.45, 7) is 10.7. The highest BCUT2D eigenvalue weighted by molar-refractivity contribution is 7.07. The zero-order valence-corrected chi connectivity index (χ0v) is 20.5. The van der Waals surface area contributed by atoms with E-state index in [2.05, 4.69) is 24.1 Å². The van der Waals surface area contributed by atoms with Crippen molar-refractivity contribution in [2.75, 3.05) is 25.0 Å². The van der Waals surface area contributed by atoms with Crippen LogP contribution in [0.3, 0.4) is 0 Å². The van der Waals surface area contributed by atoms with Crippen LogP contribution in [0.1, 0.15) is 46.1 Å². The first kappa shape index (κ1) is 26.2. The highest BCUT2D eigenvalue weighted by Gasteiger charge is 2.16. The Morgan fingerprint density at radius 3 is 2.64 bits per heavy atom. The maximum Gasteiger partial charge on any atom is 0.351 e. The van der Waals surface area contributed by atoms with Crippen LogP contribution in [-0.4, -0.2) is 40.2 Å². The van der Waals surface area contributed by atoms with Crippen LogP contribution in [0.5, 0.6) is 5.75 Å². The fourth-order valence-corrected chi connectivity index (χ4v) is 4.29. The van der Waals surface area contributed by atoms with Crippen molar-refractivity contribution < 1.29 is 14.6 Å². The van der Waals surface area contributed by atoms with Gasteiger partial charge < -0.3 is 15.2 Å². The summed E-state index contributed by atoms with van der Waals surface area (Å²) in [4.78, 5) is 27.5. The average molecular weight is 473 g/mol. The lowest BCUT2D eigenvalue weighted by molar-refractivity contribution is -0.136. The van der Waals surface area contributed by atoms with E-state index < -0.39 is 5.97 Å². The zero-order chi connectivity index (χ0) is 24.4. The van der Waals surface area contributed by atoms with Crippen molar-refractivity contribution in [2.24, 2.45) is 0 Å². The summed E-state index contributed by atoms with van der Waals surface area (Å²) in [5.74, 6) is -0.513.